The normalized spacial score (nSPS) is 12.2. The van der Waals surface area contributed by atoms with Gasteiger partial charge in [-0.25, -0.2) is 13.6 Å². The van der Waals surface area contributed by atoms with Gasteiger partial charge in [0, 0.05) is 34.9 Å². The van der Waals surface area contributed by atoms with Gasteiger partial charge in [0.05, 0.1) is 4.90 Å². The number of aromatic nitrogens is 1. The van der Waals surface area contributed by atoms with Gasteiger partial charge in [-0.15, -0.1) is 0 Å². The number of sulfonamides is 1. The van der Waals surface area contributed by atoms with Crippen molar-refractivity contribution in [1.82, 2.24) is 4.98 Å². The molecule has 24 heavy (non-hydrogen) atoms. The number of benzene rings is 2. The van der Waals surface area contributed by atoms with Gasteiger partial charge in [0.2, 0.25) is 10.0 Å². The third-order valence-corrected chi connectivity index (χ3v) is 4.87. The Bertz CT molecular complexity index is 987. The topological polar surface area (TPSA) is 88.3 Å². The van der Waals surface area contributed by atoms with Gasteiger partial charge in [-0.3, -0.25) is 4.99 Å². The van der Waals surface area contributed by atoms with Crippen molar-refractivity contribution in [2.75, 3.05) is 6.54 Å². The SMILES string of the molecule is Cc1[nH]c2ccccc2c1C=NCCc1ccc(S(N)(=O)=O)cc1. The second-order valence-corrected chi connectivity index (χ2v) is 7.24. The lowest BCUT2D eigenvalue weighted by molar-refractivity contribution is 0.598. The fourth-order valence-corrected chi connectivity index (χ4v) is 3.18. The predicted molar refractivity (Wildman–Crippen MR) is 97.0 cm³/mol. The van der Waals surface area contributed by atoms with Crippen LogP contribution in [0.15, 0.2) is 58.4 Å². The Morgan fingerprint density at radius 3 is 2.54 bits per heavy atom. The quantitative estimate of drug-likeness (QED) is 0.699. The van der Waals surface area contributed by atoms with E-state index in [2.05, 4.69) is 16.0 Å². The highest BCUT2D eigenvalue weighted by Gasteiger charge is 2.07. The largest absolute Gasteiger partial charge is 0.358 e. The molecule has 0 saturated carbocycles. The van der Waals surface area contributed by atoms with Crippen LogP contribution in [0.2, 0.25) is 0 Å². The maximum atomic E-state index is 11.2. The number of aromatic amines is 1. The van der Waals surface area contributed by atoms with Crippen molar-refractivity contribution in [2.45, 2.75) is 18.2 Å². The number of hydrogen-bond donors (Lipinski definition) is 2. The Labute approximate surface area is 141 Å². The number of nitrogens with one attached hydrogen (secondary N) is 1. The molecule has 0 unspecified atom stereocenters. The molecule has 0 aliphatic rings. The molecule has 2 aromatic carbocycles. The fraction of sp³-hybridized carbons (Fsp3) is 0.167. The molecule has 3 rings (SSSR count). The van der Waals surface area contributed by atoms with Crippen LogP contribution in [0.5, 0.6) is 0 Å². The van der Waals surface area contributed by atoms with E-state index in [1.807, 2.05) is 31.3 Å². The molecular weight excluding hydrogens is 322 g/mol. The molecule has 1 aromatic heterocycles. The van der Waals surface area contributed by atoms with E-state index >= 15 is 0 Å². The van der Waals surface area contributed by atoms with Gasteiger partial charge in [-0.1, -0.05) is 30.3 Å². The number of nitrogens with zero attached hydrogens (tertiary/aromatic N) is 1. The van der Waals surface area contributed by atoms with Crippen molar-refractivity contribution in [2.24, 2.45) is 10.1 Å². The zero-order valence-corrected chi connectivity index (χ0v) is 14.2. The average Bonchev–Trinajstić information content (AvgIpc) is 2.87. The van der Waals surface area contributed by atoms with Crippen molar-refractivity contribution >= 4 is 27.1 Å². The Kier molecular flexibility index (Phi) is 4.51. The van der Waals surface area contributed by atoms with E-state index in [-0.39, 0.29) is 4.90 Å². The predicted octanol–water partition coefficient (Wildman–Crippen LogP) is 2.79. The van der Waals surface area contributed by atoms with Crippen molar-refractivity contribution in [3.8, 4) is 0 Å². The molecule has 0 amide bonds. The molecule has 1 heterocycles. The van der Waals surface area contributed by atoms with Gasteiger partial charge >= 0.3 is 0 Å². The third-order valence-electron chi connectivity index (χ3n) is 3.95. The minimum absolute atomic E-state index is 0.129. The highest BCUT2D eigenvalue weighted by Crippen LogP contribution is 2.20. The lowest BCUT2D eigenvalue weighted by Crippen LogP contribution is -2.11. The second kappa shape index (κ2) is 6.59. The maximum absolute atomic E-state index is 11.2. The monoisotopic (exact) mass is 341 g/mol. The molecule has 3 aromatic rings. The first-order valence-electron chi connectivity index (χ1n) is 7.64. The molecular formula is C18H19N3O2S. The maximum Gasteiger partial charge on any atom is 0.238 e. The minimum atomic E-state index is -3.63. The highest BCUT2D eigenvalue weighted by atomic mass is 32.2. The molecule has 0 atom stereocenters. The van der Waals surface area contributed by atoms with Crippen LogP contribution >= 0.6 is 0 Å². The van der Waals surface area contributed by atoms with Crippen LogP contribution in [-0.4, -0.2) is 26.2 Å². The fourth-order valence-electron chi connectivity index (χ4n) is 2.66. The van der Waals surface area contributed by atoms with Gasteiger partial charge in [-0.05, 0) is 37.1 Å². The van der Waals surface area contributed by atoms with Crippen LogP contribution in [0.1, 0.15) is 16.8 Å². The van der Waals surface area contributed by atoms with Crippen molar-refractivity contribution < 1.29 is 8.42 Å². The standard InChI is InChI=1S/C18H19N3O2S/c1-13-17(16-4-2-3-5-18(16)21-13)12-20-11-10-14-6-8-15(9-7-14)24(19,22)23/h2-9,12,21H,10-11H2,1H3,(H2,19,22,23). The summed E-state index contributed by atoms with van der Waals surface area (Å²) < 4.78 is 22.5. The smallest absolute Gasteiger partial charge is 0.238 e. The van der Waals surface area contributed by atoms with Crippen molar-refractivity contribution in [3.05, 3.63) is 65.4 Å². The highest BCUT2D eigenvalue weighted by molar-refractivity contribution is 7.89. The zero-order valence-electron chi connectivity index (χ0n) is 13.4. The van der Waals surface area contributed by atoms with Crippen LogP contribution in [0, 0.1) is 6.92 Å². The summed E-state index contributed by atoms with van der Waals surface area (Å²) in [4.78, 5) is 7.98. The van der Waals surface area contributed by atoms with E-state index in [0.29, 0.717) is 6.54 Å². The van der Waals surface area contributed by atoms with E-state index in [1.165, 1.54) is 12.1 Å². The third kappa shape index (κ3) is 3.55. The van der Waals surface area contributed by atoms with Crippen LogP contribution in [0.3, 0.4) is 0 Å². The summed E-state index contributed by atoms with van der Waals surface area (Å²) in [7, 11) is -3.63. The molecule has 0 bridgehead atoms. The first kappa shape index (κ1) is 16.4. The number of primary sulfonamides is 1. The van der Waals surface area contributed by atoms with Gasteiger partial charge in [0.25, 0.3) is 0 Å². The summed E-state index contributed by atoms with van der Waals surface area (Å²) >= 11 is 0. The summed E-state index contributed by atoms with van der Waals surface area (Å²) in [6.45, 7) is 2.67. The Morgan fingerprint density at radius 1 is 1.12 bits per heavy atom. The van der Waals surface area contributed by atoms with E-state index in [9.17, 15) is 8.42 Å². The second-order valence-electron chi connectivity index (χ2n) is 5.68. The molecule has 3 N–H and O–H groups in total. The van der Waals surface area contributed by atoms with E-state index in [0.717, 1.165) is 34.1 Å². The van der Waals surface area contributed by atoms with Crippen LogP contribution in [0.4, 0.5) is 0 Å². The van der Waals surface area contributed by atoms with Crippen LogP contribution < -0.4 is 5.14 Å². The van der Waals surface area contributed by atoms with Crippen LogP contribution in [0.25, 0.3) is 10.9 Å². The van der Waals surface area contributed by atoms with E-state index in [1.54, 1.807) is 12.1 Å². The van der Waals surface area contributed by atoms with Crippen molar-refractivity contribution in [3.63, 3.8) is 0 Å². The summed E-state index contributed by atoms with van der Waals surface area (Å²) in [5.74, 6) is 0. The molecule has 124 valence electrons. The number of aryl methyl sites for hydroxylation is 1. The zero-order chi connectivity index (χ0) is 17.2. The molecule has 6 heteroatoms. The molecule has 0 fully saturated rings. The summed E-state index contributed by atoms with van der Waals surface area (Å²) in [6.07, 6.45) is 2.63. The molecule has 0 saturated heterocycles. The van der Waals surface area contributed by atoms with Gasteiger partial charge in [0.15, 0.2) is 0 Å². The Morgan fingerprint density at radius 2 is 1.83 bits per heavy atom. The van der Waals surface area contributed by atoms with E-state index < -0.39 is 10.0 Å². The van der Waals surface area contributed by atoms with Gasteiger partial charge in [-0.2, -0.15) is 0 Å². The Hall–Kier alpha value is -2.44. The van der Waals surface area contributed by atoms with E-state index in [4.69, 9.17) is 5.14 Å². The molecule has 0 aliphatic heterocycles. The lowest BCUT2D eigenvalue weighted by atomic mass is 10.1. The van der Waals surface area contributed by atoms with Crippen molar-refractivity contribution in [1.29, 1.82) is 0 Å². The first-order valence-corrected chi connectivity index (χ1v) is 9.18. The molecule has 0 aliphatic carbocycles. The minimum Gasteiger partial charge on any atom is -0.358 e. The first-order chi connectivity index (χ1) is 11.4. The number of aliphatic imine (C=N–C) groups is 1. The summed E-state index contributed by atoms with van der Waals surface area (Å²) in [5.41, 5.74) is 4.33. The average molecular weight is 341 g/mol. The number of rotatable bonds is 5. The molecule has 5 nitrogen and oxygen atoms in total. The summed E-state index contributed by atoms with van der Waals surface area (Å²) in [5, 5.41) is 6.25. The number of nitrogens with two attached hydrogens (primary N) is 1. The molecule has 0 spiro atoms. The van der Waals surface area contributed by atoms with Crippen LogP contribution in [-0.2, 0) is 16.4 Å². The summed E-state index contributed by atoms with van der Waals surface area (Å²) in [6, 6.07) is 14.7. The number of H-pyrrole nitrogens is 1. The Balaban J connectivity index is 1.67. The molecule has 0 radical (unpaired) electrons. The van der Waals surface area contributed by atoms with Gasteiger partial charge < -0.3 is 4.98 Å². The number of hydrogen-bond acceptors (Lipinski definition) is 3. The van der Waals surface area contributed by atoms with Gasteiger partial charge in [0.1, 0.15) is 0 Å². The lowest BCUT2D eigenvalue weighted by Gasteiger charge is -2.01. The number of para-hydroxylation sites is 1. The number of fused-ring (bicyclic) bond motifs is 1.